The molecule has 0 spiro atoms. The average Bonchev–Trinajstić information content (AvgIpc) is 2.95. The highest BCUT2D eigenvalue weighted by Crippen LogP contribution is 2.25. The fourth-order valence-electron chi connectivity index (χ4n) is 2.63. The van der Waals surface area contributed by atoms with Gasteiger partial charge < -0.3 is 15.2 Å². The van der Waals surface area contributed by atoms with E-state index in [1.54, 1.807) is 6.20 Å². The van der Waals surface area contributed by atoms with Crippen molar-refractivity contribution in [2.24, 2.45) is 5.92 Å². The van der Waals surface area contributed by atoms with Gasteiger partial charge in [-0.25, -0.2) is 4.79 Å². The van der Waals surface area contributed by atoms with E-state index in [0.29, 0.717) is 12.8 Å². The van der Waals surface area contributed by atoms with E-state index in [0.717, 1.165) is 11.3 Å². The lowest BCUT2D eigenvalue weighted by Crippen LogP contribution is -2.40. The van der Waals surface area contributed by atoms with Crippen LogP contribution in [0, 0.1) is 12.8 Å². The van der Waals surface area contributed by atoms with Gasteiger partial charge in [0.2, 0.25) is 5.91 Å². The van der Waals surface area contributed by atoms with E-state index >= 15 is 0 Å². The number of rotatable bonds is 5. The molecule has 0 saturated carbocycles. The molecule has 1 fully saturated rings. The number of amides is 1. The summed E-state index contributed by atoms with van der Waals surface area (Å²) >= 11 is 0. The lowest BCUT2D eigenvalue weighted by atomic mass is 9.97. The molecule has 3 atom stereocenters. The summed E-state index contributed by atoms with van der Waals surface area (Å²) < 4.78 is 5.30. The number of hydrogen-bond donors (Lipinski definition) is 2. The third kappa shape index (κ3) is 3.62. The maximum Gasteiger partial charge on any atom is 0.332 e. The van der Waals surface area contributed by atoms with Crippen molar-refractivity contribution in [1.29, 1.82) is 0 Å². The van der Waals surface area contributed by atoms with Crippen molar-refractivity contribution in [3.05, 3.63) is 29.6 Å². The second-order valence-electron chi connectivity index (χ2n) is 5.96. The van der Waals surface area contributed by atoms with Gasteiger partial charge in [0.1, 0.15) is 6.10 Å². The minimum absolute atomic E-state index is 0.161. The number of carbonyl (C=O) groups is 2. The summed E-state index contributed by atoms with van der Waals surface area (Å²) in [6.07, 6.45) is 0.907. The molecule has 6 nitrogen and oxygen atoms in total. The summed E-state index contributed by atoms with van der Waals surface area (Å²) in [5.74, 6) is -1.13. The maximum absolute atomic E-state index is 12.4. The minimum Gasteiger partial charge on any atom is -0.479 e. The fraction of sp³-hybridized carbons (Fsp3) is 0.562. The number of ether oxygens (including phenoxy) is 1. The molecule has 1 aliphatic rings. The molecule has 3 unspecified atom stereocenters. The molecule has 2 N–H and O–H groups in total. The Hall–Kier alpha value is -1.95. The van der Waals surface area contributed by atoms with E-state index in [1.807, 2.05) is 32.9 Å². The Bertz CT molecular complexity index is 559. The topological polar surface area (TPSA) is 88.5 Å². The first-order chi connectivity index (χ1) is 10.4. The van der Waals surface area contributed by atoms with Gasteiger partial charge in [0.05, 0.1) is 11.7 Å². The van der Waals surface area contributed by atoms with E-state index < -0.39 is 18.2 Å². The van der Waals surface area contributed by atoms with Crippen LogP contribution in [0.1, 0.15) is 44.0 Å². The largest absolute Gasteiger partial charge is 0.479 e. The van der Waals surface area contributed by atoms with Crippen LogP contribution < -0.4 is 5.32 Å². The lowest BCUT2D eigenvalue weighted by Gasteiger charge is -2.25. The Balaban J connectivity index is 2.08. The van der Waals surface area contributed by atoms with Crippen LogP contribution in [-0.4, -0.2) is 34.2 Å². The van der Waals surface area contributed by atoms with Crippen molar-refractivity contribution in [2.75, 3.05) is 0 Å². The predicted octanol–water partition coefficient (Wildman–Crippen LogP) is 1.84. The van der Waals surface area contributed by atoms with Crippen LogP contribution in [0.25, 0.3) is 0 Å². The number of aliphatic carboxylic acids is 1. The number of nitrogens with one attached hydrogen (secondary N) is 1. The Morgan fingerprint density at radius 1 is 1.36 bits per heavy atom. The molecule has 0 aliphatic carbocycles. The summed E-state index contributed by atoms with van der Waals surface area (Å²) in [6, 6.07) is 3.59. The van der Waals surface area contributed by atoms with Crippen LogP contribution in [0.4, 0.5) is 0 Å². The molecule has 1 aromatic heterocycles. The molecule has 1 saturated heterocycles. The summed E-state index contributed by atoms with van der Waals surface area (Å²) in [5, 5.41) is 11.9. The summed E-state index contributed by atoms with van der Waals surface area (Å²) in [7, 11) is 0. The Labute approximate surface area is 129 Å². The second-order valence-corrected chi connectivity index (χ2v) is 5.96. The quantitative estimate of drug-likeness (QED) is 0.866. The zero-order valence-corrected chi connectivity index (χ0v) is 13.1. The second kappa shape index (κ2) is 6.87. The molecule has 120 valence electrons. The molecule has 0 radical (unpaired) electrons. The van der Waals surface area contributed by atoms with Gasteiger partial charge in [-0.15, -0.1) is 0 Å². The molecular weight excluding hydrogens is 284 g/mol. The van der Waals surface area contributed by atoms with Crippen LogP contribution >= 0.6 is 0 Å². The Morgan fingerprint density at radius 3 is 2.59 bits per heavy atom. The summed E-state index contributed by atoms with van der Waals surface area (Å²) in [6.45, 7) is 5.97. The molecular formula is C16H22N2O4. The van der Waals surface area contributed by atoms with Gasteiger partial charge in [0.15, 0.2) is 6.10 Å². The highest BCUT2D eigenvalue weighted by atomic mass is 16.5. The number of aromatic nitrogens is 1. The SMILES string of the molecule is Cc1cccnc1C(NC(=O)C1CCC(C(=O)O)O1)C(C)C. The number of pyridine rings is 1. The Kier molecular flexibility index (Phi) is 5.13. The molecule has 1 amide bonds. The number of carboxylic acids is 1. The van der Waals surface area contributed by atoms with Gasteiger partial charge in [-0.05, 0) is 37.3 Å². The first-order valence-corrected chi connectivity index (χ1v) is 7.50. The first kappa shape index (κ1) is 16.4. The van der Waals surface area contributed by atoms with Crippen molar-refractivity contribution in [3.63, 3.8) is 0 Å². The zero-order chi connectivity index (χ0) is 16.3. The summed E-state index contributed by atoms with van der Waals surface area (Å²) in [4.78, 5) is 27.6. The number of carbonyl (C=O) groups excluding carboxylic acids is 1. The van der Waals surface area contributed by atoms with Crippen LogP contribution in [-0.2, 0) is 14.3 Å². The van der Waals surface area contributed by atoms with Crippen LogP contribution in [0.2, 0.25) is 0 Å². The molecule has 22 heavy (non-hydrogen) atoms. The third-order valence-corrected chi connectivity index (χ3v) is 3.90. The van der Waals surface area contributed by atoms with Gasteiger partial charge in [-0.2, -0.15) is 0 Å². The summed E-state index contributed by atoms with van der Waals surface area (Å²) in [5.41, 5.74) is 1.84. The molecule has 6 heteroatoms. The Morgan fingerprint density at radius 2 is 2.05 bits per heavy atom. The van der Waals surface area contributed by atoms with Gasteiger partial charge in [-0.3, -0.25) is 9.78 Å². The molecule has 1 aliphatic heterocycles. The van der Waals surface area contributed by atoms with Gasteiger partial charge >= 0.3 is 5.97 Å². The van der Waals surface area contributed by atoms with Crippen LogP contribution in [0.3, 0.4) is 0 Å². The molecule has 0 aromatic carbocycles. The minimum atomic E-state index is -1.02. The smallest absolute Gasteiger partial charge is 0.332 e. The molecule has 0 bridgehead atoms. The van der Waals surface area contributed by atoms with E-state index in [9.17, 15) is 9.59 Å². The number of carboxylic acid groups (broad SMARTS) is 1. The van der Waals surface area contributed by atoms with Crippen molar-refractivity contribution >= 4 is 11.9 Å². The van der Waals surface area contributed by atoms with E-state index in [2.05, 4.69) is 10.3 Å². The maximum atomic E-state index is 12.4. The number of hydrogen-bond acceptors (Lipinski definition) is 4. The predicted molar refractivity (Wildman–Crippen MR) is 80.2 cm³/mol. The number of aryl methyl sites for hydroxylation is 1. The van der Waals surface area contributed by atoms with Crippen LogP contribution in [0.15, 0.2) is 18.3 Å². The highest BCUT2D eigenvalue weighted by Gasteiger charge is 2.36. The molecule has 2 heterocycles. The van der Waals surface area contributed by atoms with Gasteiger partial charge in [-0.1, -0.05) is 19.9 Å². The van der Waals surface area contributed by atoms with E-state index in [4.69, 9.17) is 9.84 Å². The van der Waals surface area contributed by atoms with Crippen LogP contribution in [0.5, 0.6) is 0 Å². The van der Waals surface area contributed by atoms with E-state index in [-0.39, 0.29) is 17.9 Å². The normalized spacial score (nSPS) is 22.5. The third-order valence-electron chi connectivity index (χ3n) is 3.90. The molecule has 2 rings (SSSR count). The monoisotopic (exact) mass is 306 g/mol. The first-order valence-electron chi connectivity index (χ1n) is 7.50. The van der Waals surface area contributed by atoms with E-state index in [1.165, 1.54) is 0 Å². The average molecular weight is 306 g/mol. The standard InChI is InChI=1S/C16H22N2O4/c1-9(2)13(14-10(3)5-4-8-17-14)18-15(19)11-6-7-12(22-11)16(20)21/h4-5,8-9,11-13H,6-7H2,1-3H3,(H,18,19)(H,20,21). The van der Waals surface area contributed by atoms with Crippen molar-refractivity contribution < 1.29 is 19.4 Å². The van der Waals surface area contributed by atoms with Crippen molar-refractivity contribution in [3.8, 4) is 0 Å². The van der Waals surface area contributed by atoms with Gasteiger partial charge in [0, 0.05) is 6.20 Å². The van der Waals surface area contributed by atoms with Crippen molar-refractivity contribution in [2.45, 2.75) is 51.9 Å². The fourth-order valence-corrected chi connectivity index (χ4v) is 2.63. The zero-order valence-electron chi connectivity index (χ0n) is 13.1. The van der Waals surface area contributed by atoms with Crippen molar-refractivity contribution in [1.82, 2.24) is 10.3 Å². The molecule has 1 aromatic rings. The lowest BCUT2D eigenvalue weighted by molar-refractivity contribution is -0.152. The number of nitrogens with zero attached hydrogens (tertiary/aromatic N) is 1. The van der Waals surface area contributed by atoms with Gasteiger partial charge in [0.25, 0.3) is 0 Å². The highest BCUT2D eigenvalue weighted by molar-refractivity contribution is 5.83.